The van der Waals surface area contributed by atoms with E-state index >= 15 is 0 Å². The lowest BCUT2D eigenvalue weighted by molar-refractivity contribution is 0.102. The fourth-order valence-electron chi connectivity index (χ4n) is 3.56. The minimum absolute atomic E-state index is 0.174. The highest BCUT2D eigenvalue weighted by Gasteiger charge is 2.17. The standard InChI is InChI=1S/C22H20N4OS2/c27-21(24-17-3-1-2-4-19(17)26-10-8-23-9-11-26)18-14-29-22(25-18)16-5-6-20-15(13-16)7-12-28-20/h1-7,12-14,23H,8-11H2,(H,24,27). The van der Waals surface area contributed by atoms with Crippen molar-refractivity contribution in [2.75, 3.05) is 36.4 Å². The number of aromatic nitrogens is 1. The third-order valence-corrected chi connectivity index (χ3v) is 6.84. The van der Waals surface area contributed by atoms with Gasteiger partial charge in [0, 0.05) is 41.8 Å². The molecule has 2 N–H and O–H groups in total. The summed E-state index contributed by atoms with van der Waals surface area (Å²) in [6, 6.07) is 16.4. The van der Waals surface area contributed by atoms with Crippen molar-refractivity contribution in [3.05, 3.63) is 65.0 Å². The maximum atomic E-state index is 12.9. The second-order valence-electron chi connectivity index (χ2n) is 6.92. The highest BCUT2D eigenvalue weighted by atomic mass is 32.1. The van der Waals surface area contributed by atoms with E-state index in [1.54, 1.807) is 11.3 Å². The van der Waals surface area contributed by atoms with Crippen LogP contribution in [0.15, 0.2) is 59.3 Å². The van der Waals surface area contributed by atoms with Gasteiger partial charge in [-0.15, -0.1) is 22.7 Å². The summed E-state index contributed by atoms with van der Waals surface area (Å²) in [5.74, 6) is -0.174. The second kappa shape index (κ2) is 7.94. The molecule has 1 aliphatic rings. The summed E-state index contributed by atoms with van der Waals surface area (Å²) in [5, 5.41) is 12.4. The number of thiophene rings is 1. The minimum Gasteiger partial charge on any atom is -0.367 e. The number of fused-ring (bicyclic) bond motifs is 1. The number of nitrogens with one attached hydrogen (secondary N) is 2. The van der Waals surface area contributed by atoms with Gasteiger partial charge < -0.3 is 15.5 Å². The lowest BCUT2D eigenvalue weighted by Gasteiger charge is -2.31. The average molecular weight is 421 g/mol. The molecular weight excluding hydrogens is 400 g/mol. The molecule has 5 rings (SSSR count). The molecule has 0 radical (unpaired) electrons. The molecule has 4 aromatic rings. The van der Waals surface area contributed by atoms with Gasteiger partial charge >= 0.3 is 0 Å². The van der Waals surface area contributed by atoms with Gasteiger partial charge in [-0.2, -0.15) is 0 Å². The predicted octanol–water partition coefficient (Wildman–Crippen LogP) is 4.69. The van der Waals surface area contributed by atoms with Crippen molar-refractivity contribution in [1.82, 2.24) is 10.3 Å². The Balaban J connectivity index is 1.37. The van der Waals surface area contributed by atoms with Crippen LogP contribution in [0, 0.1) is 0 Å². The monoisotopic (exact) mass is 420 g/mol. The third-order valence-electron chi connectivity index (χ3n) is 5.05. The van der Waals surface area contributed by atoms with Gasteiger partial charge in [-0.1, -0.05) is 18.2 Å². The number of piperazine rings is 1. The zero-order chi connectivity index (χ0) is 19.6. The number of amides is 1. The van der Waals surface area contributed by atoms with Gasteiger partial charge in [-0.25, -0.2) is 4.98 Å². The molecule has 3 heterocycles. The highest BCUT2D eigenvalue weighted by molar-refractivity contribution is 7.17. The molecule has 7 heteroatoms. The van der Waals surface area contributed by atoms with Crippen LogP contribution in [0.1, 0.15) is 10.5 Å². The van der Waals surface area contributed by atoms with Gasteiger partial charge in [0.05, 0.1) is 11.4 Å². The van der Waals surface area contributed by atoms with Crippen LogP contribution in [-0.2, 0) is 0 Å². The number of hydrogen-bond donors (Lipinski definition) is 2. The van der Waals surface area contributed by atoms with Crippen molar-refractivity contribution >= 4 is 50.0 Å². The number of rotatable bonds is 4. The van der Waals surface area contributed by atoms with Crippen molar-refractivity contribution in [3.63, 3.8) is 0 Å². The van der Waals surface area contributed by atoms with Crippen LogP contribution in [-0.4, -0.2) is 37.1 Å². The Morgan fingerprint density at radius 2 is 1.93 bits per heavy atom. The number of benzene rings is 2. The first kappa shape index (κ1) is 18.3. The van der Waals surface area contributed by atoms with Crippen molar-refractivity contribution in [1.29, 1.82) is 0 Å². The molecular formula is C22H20N4OS2. The Hall–Kier alpha value is -2.74. The molecule has 0 unspecified atom stereocenters. The zero-order valence-corrected chi connectivity index (χ0v) is 17.4. The molecule has 1 saturated heterocycles. The van der Waals surface area contributed by atoms with Crippen LogP contribution in [0.5, 0.6) is 0 Å². The van der Waals surface area contributed by atoms with Crippen LogP contribution >= 0.6 is 22.7 Å². The Bertz CT molecular complexity index is 1160. The van der Waals surface area contributed by atoms with Crippen LogP contribution in [0.3, 0.4) is 0 Å². The van der Waals surface area contributed by atoms with Gasteiger partial charge in [0.1, 0.15) is 10.7 Å². The fraction of sp³-hybridized carbons (Fsp3) is 0.182. The van der Waals surface area contributed by atoms with E-state index in [9.17, 15) is 4.79 Å². The van der Waals surface area contributed by atoms with Crippen LogP contribution in [0.25, 0.3) is 20.7 Å². The van der Waals surface area contributed by atoms with E-state index in [2.05, 4.69) is 56.2 Å². The van der Waals surface area contributed by atoms with Gasteiger partial charge in [-0.05, 0) is 41.1 Å². The van der Waals surface area contributed by atoms with Gasteiger partial charge in [0.2, 0.25) is 0 Å². The number of hydrogen-bond acceptors (Lipinski definition) is 6. The molecule has 0 aliphatic carbocycles. The van der Waals surface area contributed by atoms with E-state index in [0.29, 0.717) is 5.69 Å². The van der Waals surface area contributed by atoms with Crippen LogP contribution in [0.2, 0.25) is 0 Å². The molecule has 2 aromatic heterocycles. The minimum atomic E-state index is -0.174. The predicted molar refractivity (Wildman–Crippen MR) is 122 cm³/mol. The number of anilines is 2. The normalized spacial score (nSPS) is 14.3. The first-order valence-electron chi connectivity index (χ1n) is 9.57. The van der Waals surface area contributed by atoms with Crippen molar-refractivity contribution in [2.45, 2.75) is 0 Å². The molecule has 2 aromatic carbocycles. The van der Waals surface area contributed by atoms with Crippen LogP contribution < -0.4 is 15.5 Å². The molecule has 0 bridgehead atoms. The van der Waals surface area contributed by atoms with E-state index in [4.69, 9.17) is 0 Å². The molecule has 1 fully saturated rings. The summed E-state index contributed by atoms with van der Waals surface area (Å²) in [5.41, 5.74) is 3.38. The smallest absolute Gasteiger partial charge is 0.275 e. The first-order chi connectivity index (χ1) is 14.3. The van der Waals surface area contributed by atoms with Crippen molar-refractivity contribution < 1.29 is 4.79 Å². The molecule has 5 nitrogen and oxygen atoms in total. The molecule has 0 spiro atoms. The second-order valence-corrected chi connectivity index (χ2v) is 8.73. The van der Waals surface area contributed by atoms with Gasteiger partial charge in [-0.3, -0.25) is 4.79 Å². The number of carbonyl (C=O) groups is 1. The topological polar surface area (TPSA) is 57.3 Å². The lowest BCUT2D eigenvalue weighted by atomic mass is 10.2. The molecule has 146 valence electrons. The number of para-hydroxylation sites is 2. The Morgan fingerprint density at radius 1 is 1.07 bits per heavy atom. The summed E-state index contributed by atoms with van der Waals surface area (Å²) in [7, 11) is 0. The summed E-state index contributed by atoms with van der Waals surface area (Å²) >= 11 is 3.22. The third kappa shape index (κ3) is 3.76. The van der Waals surface area contributed by atoms with Gasteiger partial charge in [0.15, 0.2) is 0 Å². The molecule has 29 heavy (non-hydrogen) atoms. The van der Waals surface area contributed by atoms with Gasteiger partial charge in [0.25, 0.3) is 5.91 Å². The summed E-state index contributed by atoms with van der Waals surface area (Å²) in [4.78, 5) is 19.8. The number of thiazole rings is 1. The first-order valence-corrected chi connectivity index (χ1v) is 11.3. The fourth-order valence-corrected chi connectivity index (χ4v) is 5.13. The lowest BCUT2D eigenvalue weighted by Crippen LogP contribution is -2.43. The molecule has 0 saturated carbocycles. The summed E-state index contributed by atoms with van der Waals surface area (Å²) < 4.78 is 1.26. The number of nitrogens with zero attached hydrogens (tertiary/aromatic N) is 2. The summed E-state index contributed by atoms with van der Waals surface area (Å²) in [6.07, 6.45) is 0. The number of carbonyl (C=O) groups excluding carboxylic acids is 1. The SMILES string of the molecule is O=C(Nc1ccccc1N1CCNCC1)c1csc(-c2ccc3sccc3c2)n1. The summed E-state index contributed by atoms with van der Waals surface area (Å²) in [6.45, 7) is 3.76. The quantitative estimate of drug-likeness (QED) is 0.503. The highest BCUT2D eigenvalue weighted by Crippen LogP contribution is 2.30. The van der Waals surface area contributed by atoms with E-state index in [1.165, 1.54) is 21.4 Å². The van der Waals surface area contributed by atoms with E-state index < -0.39 is 0 Å². The van der Waals surface area contributed by atoms with E-state index in [-0.39, 0.29) is 5.91 Å². The van der Waals surface area contributed by atoms with E-state index in [0.717, 1.165) is 48.1 Å². The maximum Gasteiger partial charge on any atom is 0.275 e. The molecule has 0 atom stereocenters. The molecule has 1 aliphatic heterocycles. The van der Waals surface area contributed by atoms with Crippen molar-refractivity contribution in [3.8, 4) is 10.6 Å². The Morgan fingerprint density at radius 3 is 2.83 bits per heavy atom. The van der Waals surface area contributed by atoms with Crippen LogP contribution in [0.4, 0.5) is 11.4 Å². The Kier molecular flexibility index (Phi) is 5.01. The average Bonchev–Trinajstić information content (AvgIpc) is 3.44. The Labute approximate surface area is 177 Å². The largest absolute Gasteiger partial charge is 0.367 e. The maximum absolute atomic E-state index is 12.9. The molecule has 1 amide bonds. The van der Waals surface area contributed by atoms with Crippen molar-refractivity contribution in [2.24, 2.45) is 0 Å². The van der Waals surface area contributed by atoms with E-state index in [1.807, 2.05) is 23.6 Å². The zero-order valence-electron chi connectivity index (χ0n) is 15.7.